The van der Waals surface area contributed by atoms with E-state index >= 15 is 0 Å². The number of halogens is 1. The van der Waals surface area contributed by atoms with Crippen LogP contribution in [0.4, 0.5) is 17.5 Å². The van der Waals surface area contributed by atoms with Crippen LogP contribution >= 0.6 is 15.9 Å². The van der Waals surface area contributed by atoms with E-state index in [-0.39, 0.29) is 5.91 Å². The van der Waals surface area contributed by atoms with E-state index in [1.165, 1.54) is 0 Å². The predicted molar refractivity (Wildman–Crippen MR) is 139 cm³/mol. The number of nitrogens with one attached hydrogen (secondary N) is 2. The Morgan fingerprint density at radius 1 is 1.18 bits per heavy atom. The Balaban J connectivity index is 1.35. The van der Waals surface area contributed by atoms with Gasteiger partial charge in [-0.2, -0.15) is 10.1 Å². The zero-order valence-electron chi connectivity index (χ0n) is 20.4. The summed E-state index contributed by atoms with van der Waals surface area (Å²) in [5.41, 5.74) is 2.00. The van der Waals surface area contributed by atoms with Gasteiger partial charge in [-0.15, -0.1) is 0 Å². The normalized spacial score (nSPS) is 17.9. The maximum absolute atomic E-state index is 12.0. The molecule has 2 fully saturated rings. The van der Waals surface area contributed by atoms with Crippen molar-refractivity contribution < 1.29 is 4.79 Å². The lowest BCUT2D eigenvalue weighted by Gasteiger charge is -2.31. The van der Waals surface area contributed by atoms with Crippen LogP contribution in [-0.2, 0) is 11.2 Å². The fraction of sp³-hybridized carbons (Fsp3) is 0.667. The SMILES string of the molecule is CCc1nn(C2CCN(CC)CC2)cc1Nc1ncc(Br)c(NCCCN2CCCCC2=O)n1. The van der Waals surface area contributed by atoms with Gasteiger partial charge in [0.2, 0.25) is 11.9 Å². The first-order chi connectivity index (χ1) is 16.6. The molecule has 34 heavy (non-hydrogen) atoms. The number of hydrogen-bond donors (Lipinski definition) is 2. The molecule has 2 saturated heterocycles. The van der Waals surface area contributed by atoms with Crippen LogP contribution in [0, 0.1) is 0 Å². The van der Waals surface area contributed by atoms with E-state index < -0.39 is 0 Å². The van der Waals surface area contributed by atoms with Gasteiger partial charge >= 0.3 is 0 Å². The second-order valence-corrected chi connectivity index (χ2v) is 9.98. The molecular formula is C24H37BrN8O. The zero-order chi connectivity index (χ0) is 23.9. The Labute approximate surface area is 210 Å². The van der Waals surface area contributed by atoms with Crippen molar-refractivity contribution in [2.24, 2.45) is 0 Å². The summed E-state index contributed by atoms with van der Waals surface area (Å²) >= 11 is 3.55. The first kappa shape index (κ1) is 24.9. The third kappa shape index (κ3) is 6.27. The van der Waals surface area contributed by atoms with Gasteiger partial charge in [-0.1, -0.05) is 13.8 Å². The lowest BCUT2D eigenvalue weighted by atomic mass is 10.1. The molecule has 4 heterocycles. The lowest BCUT2D eigenvalue weighted by molar-refractivity contribution is -0.133. The third-order valence-corrected chi connectivity index (χ3v) is 7.41. The molecule has 0 saturated carbocycles. The van der Waals surface area contributed by atoms with Crippen molar-refractivity contribution in [3.63, 3.8) is 0 Å². The summed E-state index contributed by atoms with van der Waals surface area (Å²) in [5, 5.41) is 11.6. The van der Waals surface area contributed by atoms with E-state index in [1.807, 2.05) is 4.90 Å². The standard InChI is InChI=1S/C24H37BrN8O/c1-3-20-21(17-33(30-20)18-9-14-31(4-2)15-10-18)28-24-27-16-19(25)23(29-24)26-11-7-13-32-12-6-5-8-22(32)34/h16-18H,3-15H2,1-2H3,(H2,26,27,28,29). The molecule has 9 nitrogen and oxygen atoms in total. The van der Waals surface area contributed by atoms with Gasteiger partial charge in [0.1, 0.15) is 5.82 Å². The van der Waals surface area contributed by atoms with E-state index in [1.54, 1.807) is 6.20 Å². The number of carbonyl (C=O) groups is 1. The van der Waals surface area contributed by atoms with Crippen molar-refractivity contribution in [2.45, 2.75) is 64.8 Å². The zero-order valence-corrected chi connectivity index (χ0v) is 22.0. The van der Waals surface area contributed by atoms with Gasteiger partial charge in [-0.3, -0.25) is 9.48 Å². The van der Waals surface area contributed by atoms with E-state index in [4.69, 9.17) is 5.10 Å². The molecule has 2 aliphatic heterocycles. The molecule has 2 aromatic heterocycles. The highest BCUT2D eigenvalue weighted by Crippen LogP contribution is 2.27. The smallest absolute Gasteiger partial charge is 0.229 e. The average Bonchev–Trinajstić information content (AvgIpc) is 3.27. The summed E-state index contributed by atoms with van der Waals surface area (Å²) in [5.74, 6) is 1.58. The van der Waals surface area contributed by atoms with Gasteiger partial charge in [0.25, 0.3) is 0 Å². The summed E-state index contributed by atoms with van der Waals surface area (Å²) in [7, 11) is 0. The summed E-state index contributed by atoms with van der Waals surface area (Å²) in [6.07, 6.45) is 10.7. The van der Waals surface area contributed by atoms with Crippen LogP contribution in [-0.4, -0.2) is 74.7 Å². The lowest BCUT2D eigenvalue weighted by Crippen LogP contribution is -2.36. The number of carbonyl (C=O) groups excluding carboxylic acids is 1. The predicted octanol–water partition coefficient (Wildman–Crippen LogP) is 4.21. The first-order valence-corrected chi connectivity index (χ1v) is 13.5. The first-order valence-electron chi connectivity index (χ1n) is 12.7. The van der Waals surface area contributed by atoms with Crippen LogP contribution in [0.25, 0.3) is 0 Å². The molecule has 0 aromatic carbocycles. The topological polar surface area (TPSA) is 91.2 Å². The summed E-state index contributed by atoms with van der Waals surface area (Å²) in [4.78, 5) is 25.6. The highest BCUT2D eigenvalue weighted by atomic mass is 79.9. The van der Waals surface area contributed by atoms with Gasteiger partial charge < -0.3 is 20.4 Å². The molecule has 0 bridgehead atoms. The molecule has 0 unspecified atom stereocenters. The Morgan fingerprint density at radius 2 is 2.00 bits per heavy atom. The number of rotatable bonds is 10. The van der Waals surface area contributed by atoms with Crippen LogP contribution in [0.1, 0.15) is 64.1 Å². The maximum Gasteiger partial charge on any atom is 0.229 e. The van der Waals surface area contributed by atoms with E-state index in [2.05, 4.69) is 66.2 Å². The van der Waals surface area contributed by atoms with Gasteiger partial charge in [-0.25, -0.2) is 4.98 Å². The van der Waals surface area contributed by atoms with Crippen molar-refractivity contribution in [3.8, 4) is 0 Å². The van der Waals surface area contributed by atoms with Crippen LogP contribution in [0.5, 0.6) is 0 Å². The molecule has 186 valence electrons. The monoisotopic (exact) mass is 532 g/mol. The average molecular weight is 534 g/mol. The van der Waals surface area contributed by atoms with Crippen molar-refractivity contribution in [3.05, 3.63) is 22.6 Å². The Kier molecular flexibility index (Phi) is 8.77. The number of anilines is 3. The molecule has 2 N–H and O–H groups in total. The molecular weight excluding hydrogens is 496 g/mol. The molecule has 4 rings (SSSR count). The number of aryl methyl sites for hydroxylation is 1. The van der Waals surface area contributed by atoms with E-state index in [0.717, 1.165) is 99.5 Å². The minimum atomic E-state index is 0.282. The largest absolute Gasteiger partial charge is 0.369 e. The van der Waals surface area contributed by atoms with Gasteiger partial charge in [0.15, 0.2) is 0 Å². The molecule has 10 heteroatoms. The summed E-state index contributed by atoms with van der Waals surface area (Å²) in [6.45, 7) is 10.1. The summed E-state index contributed by atoms with van der Waals surface area (Å²) in [6, 6.07) is 0.443. The Bertz CT molecular complexity index is 956. The van der Waals surface area contributed by atoms with Gasteiger partial charge in [0, 0.05) is 51.5 Å². The molecule has 1 amide bonds. The molecule has 2 aromatic rings. The van der Waals surface area contributed by atoms with E-state index in [0.29, 0.717) is 18.4 Å². The molecule has 0 aliphatic carbocycles. The number of likely N-dealkylation sites (tertiary alicyclic amines) is 2. The minimum absolute atomic E-state index is 0.282. The van der Waals surface area contributed by atoms with Crippen LogP contribution in [0.2, 0.25) is 0 Å². The number of nitrogens with zero attached hydrogens (tertiary/aromatic N) is 6. The molecule has 0 radical (unpaired) electrons. The van der Waals surface area contributed by atoms with Crippen molar-refractivity contribution in [2.75, 3.05) is 49.9 Å². The van der Waals surface area contributed by atoms with Crippen LogP contribution < -0.4 is 10.6 Å². The van der Waals surface area contributed by atoms with E-state index in [9.17, 15) is 4.79 Å². The second-order valence-electron chi connectivity index (χ2n) is 9.12. The number of amides is 1. The van der Waals surface area contributed by atoms with Crippen molar-refractivity contribution >= 4 is 39.3 Å². The van der Waals surface area contributed by atoms with Crippen LogP contribution in [0.3, 0.4) is 0 Å². The highest BCUT2D eigenvalue weighted by Gasteiger charge is 2.22. The van der Waals surface area contributed by atoms with Gasteiger partial charge in [0.05, 0.1) is 21.9 Å². The Morgan fingerprint density at radius 3 is 2.74 bits per heavy atom. The van der Waals surface area contributed by atoms with Crippen molar-refractivity contribution in [1.29, 1.82) is 0 Å². The van der Waals surface area contributed by atoms with Crippen molar-refractivity contribution in [1.82, 2.24) is 29.5 Å². The fourth-order valence-corrected chi connectivity index (χ4v) is 5.06. The number of piperidine rings is 2. The van der Waals surface area contributed by atoms with Gasteiger partial charge in [-0.05, 0) is 61.0 Å². The quantitative estimate of drug-likeness (QED) is 0.442. The number of aromatic nitrogens is 4. The molecule has 0 spiro atoms. The molecule has 0 atom stereocenters. The Hall–Kier alpha value is -2.20. The summed E-state index contributed by atoms with van der Waals surface area (Å²) < 4.78 is 2.95. The molecule has 2 aliphatic rings. The fourth-order valence-electron chi connectivity index (χ4n) is 4.73. The van der Waals surface area contributed by atoms with Crippen LogP contribution in [0.15, 0.2) is 16.9 Å². The highest BCUT2D eigenvalue weighted by molar-refractivity contribution is 9.10. The second kappa shape index (κ2) is 12.0. The number of hydrogen-bond acceptors (Lipinski definition) is 7. The maximum atomic E-state index is 12.0. The minimum Gasteiger partial charge on any atom is -0.369 e. The third-order valence-electron chi connectivity index (χ3n) is 6.83.